The number of anilines is 2. The SMILES string of the molecule is COc1cccc(N2C[C@@H](NC(=O)c3cnc(N)nc3C)CC2=O)c1. The van der Waals surface area contributed by atoms with E-state index in [1.807, 2.05) is 18.2 Å². The van der Waals surface area contributed by atoms with Crippen LogP contribution in [0.5, 0.6) is 5.75 Å². The summed E-state index contributed by atoms with van der Waals surface area (Å²) < 4.78 is 5.19. The fourth-order valence-electron chi connectivity index (χ4n) is 2.80. The number of nitrogens with one attached hydrogen (secondary N) is 1. The highest BCUT2D eigenvalue weighted by Crippen LogP contribution is 2.25. The number of amides is 2. The van der Waals surface area contributed by atoms with E-state index in [4.69, 9.17) is 10.5 Å². The summed E-state index contributed by atoms with van der Waals surface area (Å²) >= 11 is 0. The lowest BCUT2D eigenvalue weighted by atomic mass is 10.2. The number of aryl methyl sites for hydroxylation is 1. The van der Waals surface area contributed by atoms with Gasteiger partial charge in [-0.05, 0) is 19.1 Å². The number of ether oxygens (including phenoxy) is 1. The van der Waals surface area contributed by atoms with Crippen molar-refractivity contribution in [1.82, 2.24) is 15.3 Å². The number of hydrogen-bond acceptors (Lipinski definition) is 6. The lowest BCUT2D eigenvalue weighted by Crippen LogP contribution is -2.37. The van der Waals surface area contributed by atoms with E-state index in [2.05, 4.69) is 15.3 Å². The minimum Gasteiger partial charge on any atom is -0.497 e. The summed E-state index contributed by atoms with van der Waals surface area (Å²) in [7, 11) is 1.57. The summed E-state index contributed by atoms with van der Waals surface area (Å²) in [5.74, 6) is 0.424. The molecule has 0 aliphatic carbocycles. The molecule has 0 saturated carbocycles. The monoisotopic (exact) mass is 341 g/mol. The Morgan fingerprint density at radius 1 is 1.44 bits per heavy atom. The van der Waals surface area contributed by atoms with Gasteiger partial charge in [-0.2, -0.15) is 0 Å². The Hall–Kier alpha value is -3.16. The van der Waals surface area contributed by atoms with Crippen molar-refractivity contribution in [2.75, 3.05) is 24.3 Å². The molecule has 3 rings (SSSR count). The minimum atomic E-state index is -0.317. The summed E-state index contributed by atoms with van der Waals surface area (Å²) in [5, 5.41) is 2.86. The van der Waals surface area contributed by atoms with Crippen molar-refractivity contribution >= 4 is 23.5 Å². The molecule has 3 N–H and O–H groups in total. The predicted octanol–water partition coefficient (Wildman–Crippen LogP) is 0.911. The molecule has 1 atom stereocenters. The highest BCUT2D eigenvalue weighted by atomic mass is 16.5. The van der Waals surface area contributed by atoms with Crippen LogP contribution in [0.1, 0.15) is 22.5 Å². The van der Waals surface area contributed by atoms with E-state index in [0.717, 1.165) is 5.69 Å². The van der Waals surface area contributed by atoms with Gasteiger partial charge in [0, 0.05) is 30.9 Å². The summed E-state index contributed by atoms with van der Waals surface area (Å²) in [4.78, 5) is 34.2. The first-order valence-corrected chi connectivity index (χ1v) is 7.82. The largest absolute Gasteiger partial charge is 0.497 e. The van der Waals surface area contributed by atoms with E-state index in [1.165, 1.54) is 6.20 Å². The second-order valence-electron chi connectivity index (χ2n) is 5.81. The zero-order chi connectivity index (χ0) is 18.0. The van der Waals surface area contributed by atoms with Crippen molar-refractivity contribution in [3.05, 3.63) is 41.7 Å². The number of nitrogens with two attached hydrogens (primary N) is 1. The summed E-state index contributed by atoms with van der Waals surface area (Å²) in [6.45, 7) is 2.09. The van der Waals surface area contributed by atoms with Crippen LogP contribution in [0.25, 0.3) is 0 Å². The fraction of sp³-hybridized carbons (Fsp3) is 0.294. The van der Waals surface area contributed by atoms with E-state index in [1.54, 1.807) is 25.0 Å². The molecular weight excluding hydrogens is 322 g/mol. The highest BCUT2D eigenvalue weighted by Gasteiger charge is 2.32. The van der Waals surface area contributed by atoms with Crippen molar-refractivity contribution in [1.29, 1.82) is 0 Å². The average Bonchev–Trinajstić information content (AvgIpc) is 2.95. The van der Waals surface area contributed by atoms with Gasteiger partial charge in [0.25, 0.3) is 5.91 Å². The molecule has 1 aliphatic heterocycles. The zero-order valence-corrected chi connectivity index (χ0v) is 14.0. The summed E-state index contributed by atoms with van der Waals surface area (Å²) in [6.07, 6.45) is 1.63. The van der Waals surface area contributed by atoms with E-state index in [9.17, 15) is 9.59 Å². The lowest BCUT2D eigenvalue weighted by molar-refractivity contribution is -0.117. The number of hydrogen-bond donors (Lipinski definition) is 2. The van der Waals surface area contributed by atoms with Crippen molar-refractivity contribution in [3.8, 4) is 5.75 Å². The maximum absolute atomic E-state index is 12.4. The lowest BCUT2D eigenvalue weighted by Gasteiger charge is -2.18. The Balaban J connectivity index is 1.71. The van der Waals surface area contributed by atoms with Gasteiger partial charge in [-0.15, -0.1) is 0 Å². The van der Waals surface area contributed by atoms with Crippen LogP contribution in [0.3, 0.4) is 0 Å². The van der Waals surface area contributed by atoms with Gasteiger partial charge in [0.2, 0.25) is 11.9 Å². The second-order valence-corrected chi connectivity index (χ2v) is 5.81. The van der Waals surface area contributed by atoms with Gasteiger partial charge in [0.15, 0.2) is 0 Å². The Morgan fingerprint density at radius 3 is 2.96 bits per heavy atom. The predicted molar refractivity (Wildman–Crippen MR) is 92.4 cm³/mol. The number of benzene rings is 1. The molecule has 1 saturated heterocycles. The molecule has 1 aromatic heterocycles. The highest BCUT2D eigenvalue weighted by molar-refractivity contribution is 5.99. The van der Waals surface area contributed by atoms with Crippen molar-refractivity contribution < 1.29 is 14.3 Å². The smallest absolute Gasteiger partial charge is 0.254 e. The van der Waals surface area contributed by atoms with Crippen LogP contribution in [-0.4, -0.2) is 41.5 Å². The number of nitrogen functional groups attached to an aromatic ring is 1. The van der Waals surface area contributed by atoms with Gasteiger partial charge < -0.3 is 20.7 Å². The molecule has 1 fully saturated rings. The van der Waals surface area contributed by atoms with Gasteiger partial charge in [0.1, 0.15) is 5.75 Å². The maximum Gasteiger partial charge on any atom is 0.254 e. The van der Waals surface area contributed by atoms with E-state index in [0.29, 0.717) is 23.6 Å². The molecular formula is C17H19N5O3. The molecule has 0 bridgehead atoms. The van der Waals surface area contributed by atoms with E-state index in [-0.39, 0.29) is 30.2 Å². The van der Waals surface area contributed by atoms with Crippen molar-refractivity contribution in [2.24, 2.45) is 0 Å². The third-order valence-corrected chi connectivity index (χ3v) is 4.07. The molecule has 8 nitrogen and oxygen atoms in total. The van der Waals surface area contributed by atoms with Gasteiger partial charge in [-0.3, -0.25) is 9.59 Å². The molecule has 0 unspecified atom stereocenters. The Kier molecular flexibility index (Phi) is 4.51. The van der Waals surface area contributed by atoms with Crippen molar-refractivity contribution in [3.63, 3.8) is 0 Å². The first-order valence-electron chi connectivity index (χ1n) is 7.82. The molecule has 2 heterocycles. The molecule has 2 amide bonds. The molecule has 1 aromatic carbocycles. The first-order chi connectivity index (χ1) is 12.0. The van der Waals surface area contributed by atoms with Gasteiger partial charge in [0.05, 0.1) is 24.4 Å². The molecule has 1 aliphatic rings. The van der Waals surface area contributed by atoms with Crippen LogP contribution in [-0.2, 0) is 4.79 Å². The normalized spacial score (nSPS) is 16.8. The first kappa shape index (κ1) is 16.7. The average molecular weight is 341 g/mol. The Bertz CT molecular complexity index is 824. The standard InChI is InChI=1S/C17H19N5O3/c1-10-14(8-19-17(18)20-10)16(24)21-11-6-15(23)22(9-11)12-4-3-5-13(7-12)25-2/h3-5,7-8,11H,6,9H2,1-2H3,(H,21,24)(H2,18,19,20)/t11-/m0/s1. The van der Waals surface area contributed by atoms with E-state index >= 15 is 0 Å². The topological polar surface area (TPSA) is 110 Å². The van der Waals surface area contributed by atoms with Crippen LogP contribution >= 0.6 is 0 Å². The van der Waals surface area contributed by atoms with Crippen molar-refractivity contribution in [2.45, 2.75) is 19.4 Å². The van der Waals surface area contributed by atoms with Gasteiger partial charge in [-0.1, -0.05) is 6.07 Å². The van der Waals surface area contributed by atoms with Gasteiger partial charge >= 0.3 is 0 Å². The van der Waals surface area contributed by atoms with Crippen LogP contribution in [0, 0.1) is 6.92 Å². The molecule has 2 aromatic rings. The number of nitrogens with zero attached hydrogens (tertiary/aromatic N) is 3. The molecule has 130 valence electrons. The molecule has 0 spiro atoms. The van der Waals surface area contributed by atoms with Crippen LogP contribution < -0.4 is 20.7 Å². The van der Waals surface area contributed by atoms with Crippen LogP contribution in [0.2, 0.25) is 0 Å². The molecule has 25 heavy (non-hydrogen) atoms. The number of methoxy groups -OCH3 is 1. The zero-order valence-electron chi connectivity index (χ0n) is 14.0. The van der Waals surface area contributed by atoms with E-state index < -0.39 is 0 Å². The molecule has 0 radical (unpaired) electrons. The number of aromatic nitrogens is 2. The summed E-state index contributed by atoms with van der Waals surface area (Å²) in [5.41, 5.74) is 7.09. The third-order valence-electron chi connectivity index (χ3n) is 4.07. The number of rotatable bonds is 4. The summed E-state index contributed by atoms with van der Waals surface area (Å²) in [6, 6.07) is 6.97. The number of carbonyl (C=O) groups excluding carboxylic acids is 2. The fourth-order valence-corrected chi connectivity index (χ4v) is 2.80. The van der Waals surface area contributed by atoms with Gasteiger partial charge in [-0.25, -0.2) is 9.97 Å². The number of carbonyl (C=O) groups is 2. The van der Waals surface area contributed by atoms with Crippen LogP contribution in [0.4, 0.5) is 11.6 Å². The third kappa shape index (κ3) is 3.52. The maximum atomic E-state index is 12.4. The van der Waals surface area contributed by atoms with Crippen LogP contribution in [0.15, 0.2) is 30.5 Å². The quantitative estimate of drug-likeness (QED) is 0.855. The molecule has 8 heteroatoms. The Labute approximate surface area is 145 Å². The second kappa shape index (κ2) is 6.76. The minimum absolute atomic E-state index is 0.0520. The Morgan fingerprint density at radius 2 is 2.24 bits per heavy atom.